The number of nitriles is 1. The Kier molecular flexibility index (Phi) is 4.96. The molecule has 1 fully saturated rings. The van der Waals surface area contributed by atoms with E-state index in [0.717, 1.165) is 25.1 Å². The third-order valence-electron chi connectivity index (χ3n) is 4.04. The fraction of sp³-hybridized carbons (Fsp3) is 0.333. The van der Waals surface area contributed by atoms with Gasteiger partial charge in [-0.3, -0.25) is 9.88 Å². The Bertz CT molecular complexity index is 699. The van der Waals surface area contributed by atoms with Crippen molar-refractivity contribution >= 4 is 0 Å². The summed E-state index contributed by atoms with van der Waals surface area (Å²) in [4.78, 5) is 6.17. The SMILES string of the molecule is N#Cc1ccc(CN2CC[C@H](OCc3ccncc3)C2)c(F)c1. The Hall–Kier alpha value is -2.29. The highest BCUT2D eigenvalue weighted by atomic mass is 19.1. The Morgan fingerprint density at radius 3 is 2.87 bits per heavy atom. The molecule has 3 rings (SSSR count). The first-order valence-electron chi connectivity index (χ1n) is 7.66. The summed E-state index contributed by atoms with van der Waals surface area (Å²) in [5.41, 5.74) is 2.08. The Labute approximate surface area is 135 Å². The van der Waals surface area contributed by atoms with E-state index < -0.39 is 0 Å². The minimum absolute atomic E-state index is 0.171. The van der Waals surface area contributed by atoms with Crippen molar-refractivity contribution in [2.45, 2.75) is 25.7 Å². The summed E-state index contributed by atoms with van der Waals surface area (Å²) < 4.78 is 19.9. The van der Waals surface area contributed by atoms with Gasteiger partial charge in [-0.15, -0.1) is 0 Å². The molecule has 1 aromatic heterocycles. The van der Waals surface area contributed by atoms with Crippen LogP contribution < -0.4 is 0 Å². The number of rotatable bonds is 5. The van der Waals surface area contributed by atoms with E-state index in [2.05, 4.69) is 9.88 Å². The van der Waals surface area contributed by atoms with E-state index in [9.17, 15) is 4.39 Å². The largest absolute Gasteiger partial charge is 0.372 e. The predicted molar refractivity (Wildman–Crippen MR) is 83.8 cm³/mol. The van der Waals surface area contributed by atoms with Gasteiger partial charge in [-0.05, 0) is 36.2 Å². The number of hydrogen-bond donors (Lipinski definition) is 0. The molecule has 0 radical (unpaired) electrons. The van der Waals surface area contributed by atoms with Crippen LogP contribution in [0.25, 0.3) is 0 Å². The molecule has 1 aromatic carbocycles. The monoisotopic (exact) mass is 311 g/mol. The molecule has 1 aliphatic heterocycles. The maximum absolute atomic E-state index is 13.9. The molecule has 0 bridgehead atoms. The quantitative estimate of drug-likeness (QED) is 0.852. The summed E-state index contributed by atoms with van der Waals surface area (Å²) in [5, 5.41) is 8.78. The lowest BCUT2D eigenvalue weighted by Crippen LogP contribution is -2.23. The molecule has 4 nitrogen and oxygen atoms in total. The molecule has 118 valence electrons. The third-order valence-corrected chi connectivity index (χ3v) is 4.04. The molecule has 1 saturated heterocycles. The predicted octanol–water partition coefficient (Wildman–Crippen LogP) is 2.88. The highest BCUT2D eigenvalue weighted by Crippen LogP contribution is 2.19. The number of pyridine rings is 1. The van der Waals surface area contributed by atoms with Gasteiger partial charge in [0.2, 0.25) is 0 Å². The topological polar surface area (TPSA) is 49.2 Å². The van der Waals surface area contributed by atoms with E-state index in [-0.39, 0.29) is 11.9 Å². The van der Waals surface area contributed by atoms with Crippen molar-refractivity contribution < 1.29 is 9.13 Å². The van der Waals surface area contributed by atoms with Crippen LogP contribution in [0, 0.1) is 17.1 Å². The molecule has 0 N–H and O–H groups in total. The Morgan fingerprint density at radius 1 is 1.30 bits per heavy atom. The van der Waals surface area contributed by atoms with E-state index >= 15 is 0 Å². The van der Waals surface area contributed by atoms with E-state index in [0.29, 0.717) is 24.3 Å². The van der Waals surface area contributed by atoms with Crippen LogP contribution in [0.2, 0.25) is 0 Å². The molecule has 0 aliphatic carbocycles. The lowest BCUT2D eigenvalue weighted by Gasteiger charge is -2.17. The van der Waals surface area contributed by atoms with Crippen LogP contribution in [0.3, 0.4) is 0 Å². The van der Waals surface area contributed by atoms with Gasteiger partial charge in [0.1, 0.15) is 5.82 Å². The molecule has 5 heteroatoms. The zero-order valence-electron chi connectivity index (χ0n) is 12.8. The number of nitrogens with zero attached hydrogens (tertiary/aromatic N) is 3. The fourth-order valence-electron chi connectivity index (χ4n) is 2.76. The highest BCUT2D eigenvalue weighted by molar-refractivity contribution is 5.32. The number of ether oxygens (including phenoxy) is 1. The van der Waals surface area contributed by atoms with Crippen LogP contribution >= 0.6 is 0 Å². The standard InChI is InChI=1S/C18H18FN3O/c19-18-9-15(10-20)1-2-16(18)11-22-8-5-17(12-22)23-13-14-3-6-21-7-4-14/h1-4,6-7,9,17H,5,8,11-13H2/t17-/m0/s1. The maximum atomic E-state index is 13.9. The lowest BCUT2D eigenvalue weighted by molar-refractivity contribution is 0.0460. The van der Waals surface area contributed by atoms with Gasteiger partial charge in [-0.25, -0.2) is 4.39 Å². The number of benzene rings is 1. The van der Waals surface area contributed by atoms with Crippen molar-refractivity contribution in [3.05, 3.63) is 65.2 Å². The molecular weight excluding hydrogens is 293 g/mol. The summed E-state index contributed by atoms with van der Waals surface area (Å²) in [7, 11) is 0. The Balaban J connectivity index is 1.51. The van der Waals surface area contributed by atoms with E-state index in [1.165, 1.54) is 6.07 Å². The smallest absolute Gasteiger partial charge is 0.129 e. The van der Waals surface area contributed by atoms with Crippen molar-refractivity contribution in [1.29, 1.82) is 5.26 Å². The van der Waals surface area contributed by atoms with Gasteiger partial charge in [0.15, 0.2) is 0 Å². The molecule has 0 amide bonds. The van der Waals surface area contributed by atoms with E-state index in [1.807, 2.05) is 18.2 Å². The molecule has 1 aliphatic rings. The molecule has 1 atom stereocenters. The maximum Gasteiger partial charge on any atom is 0.129 e. The molecule has 2 heterocycles. The molecule has 0 spiro atoms. The second-order valence-electron chi connectivity index (χ2n) is 5.73. The number of halogens is 1. The van der Waals surface area contributed by atoms with Gasteiger partial charge in [-0.2, -0.15) is 5.26 Å². The van der Waals surface area contributed by atoms with Crippen molar-refractivity contribution in [1.82, 2.24) is 9.88 Å². The van der Waals surface area contributed by atoms with Crippen LogP contribution in [0.1, 0.15) is 23.1 Å². The minimum atomic E-state index is -0.315. The van der Waals surface area contributed by atoms with Gasteiger partial charge >= 0.3 is 0 Å². The highest BCUT2D eigenvalue weighted by Gasteiger charge is 2.23. The average molecular weight is 311 g/mol. The fourth-order valence-corrected chi connectivity index (χ4v) is 2.76. The summed E-state index contributed by atoms with van der Waals surface area (Å²) in [6.45, 7) is 2.81. The van der Waals surface area contributed by atoms with Gasteiger partial charge in [0, 0.05) is 37.6 Å². The summed E-state index contributed by atoms with van der Waals surface area (Å²) in [6.07, 6.45) is 4.63. The van der Waals surface area contributed by atoms with Crippen LogP contribution in [-0.4, -0.2) is 29.1 Å². The number of likely N-dealkylation sites (tertiary alicyclic amines) is 1. The first-order chi connectivity index (χ1) is 11.2. The van der Waals surface area contributed by atoms with Crippen molar-refractivity contribution in [3.8, 4) is 6.07 Å². The zero-order valence-corrected chi connectivity index (χ0v) is 12.8. The normalized spacial score (nSPS) is 18.0. The van der Waals surface area contributed by atoms with Crippen LogP contribution in [-0.2, 0) is 17.9 Å². The molecule has 2 aromatic rings. The zero-order chi connectivity index (χ0) is 16.1. The van der Waals surface area contributed by atoms with Gasteiger partial charge in [0.25, 0.3) is 0 Å². The molecule has 0 saturated carbocycles. The summed E-state index contributed by atoms with van der Waals surface area (Å²) in [6, 6.07) is 10.5. The van der Waals surface area contributed by atoms with Crippen LogP contribution in [0.4, 0.5) is 4.39 Å². The molecular formula is C18H18FN3O. The van der Waals surface area contributed by atoms with Crippen molar-refractivity contribution in [3.63, 3.8) is 0 Å². The minimum Gasteiger partial charge on any atom is -0.372 e. The van der Waals surface area contributed by atoms with Crippen LogP contribution in [0.5, 0.6) is 0 Å². The Morgan fingerprint density at radius 2 is 2.13 bits per heavy atom. The van der Waals surface area contributed by atoms with Crippen LogP contribution in [0.15, 0.2) is 42.7 Å². The lowest BCUT2D eigenvalue weighted by atomic mass is 10.1. The summed E-state index contributed by atoms with van der Waals surface area (Å²) >= 11 is 0. The first kappa shape index (κ1) is 15.6. The second kappa shape index (κ2) is 7.32. The third kappa shape index (κ3) is 4.13. The second-order valence-corrected chi connectivity index (χ2v) is 5.73. The summed E-state index contributed by atoms with van der Waals surface area (Å²) in [5.74, 6) is -0.315. The first-order valence-corrected chi connectivity index (χ1v) is 7.66. The van der Waals surface area contributed by atoms with Gasteiger partial charge in [0.05, 0.1) is 24.3 Å². The molecule has 23 heavy (non-hydrogen) atoms. The number of hydrogen-bond acceptors (Lipinski definition) is 4. The van der Waals surface area contributed by atoms with E-state index in [4.69, 9.17) is 10.00 Å². The molecule has 0 unspecified atom stereocenters. The van der Waals surface area contributed by atoms with E-state index in [1.54, 1.807) is 24.5 Å². The van der Waals surface area contributed by atoms with Gasteiger partial charge < -0.3 is 4.74 Å². The average Bonchev–Trinajstić information content (AvgIpc) is 3.03. The van der Waals surface area contributed by atoms with Crippen molar-refractivity contribution in [2.24, 2.45) is 0 Å². The number of aromatic nitrogens is 1. The van der Waals surface area contributed by atoms with Crippen molar-refractivity contribution in [2.75, 3.05) is 13.1 Å². The van der Waals surface area contributed by atoms with Gasteiger partial charge in [-0.1, -0.05) is 6.07 Å².